The van der Waals surface area contributed by atoms with Gasteiger partial charge in [-0.25, -0.2) is 4.98 Å². The number of carbonyl (C=O) groups excluding carboxylic acids is 1. The van der Waals surface area contributed by atoms with Gasteiger partial charge in [0.15, 0.2) is 11.5 Å². The quantitative estimate of drug-likeness (QED) is 0.676. The van der Waals surface area contributed by atoms with Crippen LogP contribution < -0.4 is 14.8 Å². The lowest BCUT2D eigenvalue weighted by Crippen LogP contribution is -2.25. The second-order valence-electron chi connectivity index (χ2n) is 5.79. The number of amides is 1. The first-order chi connectivity index (χ1) is 12.7. The van der Waals surface area contributed by atoms with Crippen molar-refractivity contribution in [3.63, 3.8) is 0 Å². The van der Waals surface area contributed by atoms with Gasteiger partial charge in [0.05, 0.1) is 31.3 Å². The molecule has 0 saturated carbocycles. The molecule has 0 aliphatic heterocycles. The van der Waals surface area contributed by atoms with Crippen molar-refractivity contribution >= 4 is 11.4 Å². The monoisotopic (exact) mass is 353 g/mol. The smallest absolute Gasteiger partial charge is 0.251 e. The summed E-state index contributed by atoms with van der Waals surface area (Å²) in [5.74, 6) is 1.39. The zero-order valence-corrected chi connectivity index (χ0v) is 15.1. The van der Waals surface area contributed by atoms with Gasteiger partial charge in [-0.2, -0.15) is 0 Å². The van der Waals surface area contributed by atoms with E-state index in [1.54, 1.807) is 18.6 Å². The molecule has 26 heavy (non-hydrogen) atoms. The Hall–Kier alpha value is -3.02. The van der Waals surface area contributed by atoms with Crippen LogP contribution in [0.4, 0.5) is 0 Å². The molecule has 0 unspecified atom stereocenters. The number of nitrogens with one attached hydrogen (secondary N) is 1. The number of hydrogen-bond donors (Lipinski definition) is 1. The highest BCUT2D eigenvalue weighted by molar-refractivity contribution is 5.95. The van der Waals surface area contributed by atoms with Crippen molar-refractivity contribution in [2.45, 2.75) is 20.3 Å². The van der Waals surface area contributed by atoms with Gasteiger partial charge < -0.3 is 19.2 Å². The van der Waals surface area contributed by atoms with Crippen molar-refractivity contribution in [1.82, 2.24) is 14.7 Å². The van der Waals surface area contributed by atoms with Crippen LogP contribution in [0.2, 0.25) is 0 Å². The van der Waals surface area contributed by atoms with E-state index < -0.39 is 0 Å². The second-order valence-corrected chi connectivity index (χ2v) is 5.79. The first-order valence-corrected chi connectivity index (χ1v) is 8.79. The van der Waals surface area contributed by atoms with Crippen molar-refractivity contribution in [3.05, 3.63) is 60.2 Å². The molecule has 1 N–H and O–H groups in total. The van der Waals surface area contributed by atoms with Crippen LogP contribution in [0.1, 0.15) is 29.8 Å². The lowest BCUT2D eigenvalue weighted by atomic mass is 10.1. The van der Waals surface area contributed by atoms with E-state index in [1.165, 1.54) is 0 Å². The van der Waals surface area contributed by atoms with Gasteiger partial charge in [-0.3, -0.25) is 4.79 Å². The number of imidazole rings is 1. The number of aromatic nitrogens is 2. The lowest BCUT2D eigenvalue weighted by molar-refractivity contribution is 0.0954. The Bertz CT molecular complexity index is 889. The van der Waals surface area contributed by atoms with E-state index in [2.05, 4.69) is 10.3 Å². The summed E-state index contributed by atoms with van der Waals surface area (Å²) < 4.78 is 13.1. The summed E-state index contributed by atoms with van der Waals surface area (Å²) in [6, 6.07) is 9.50. The van der Waals surface area contributed by atoms with Crippen LogP contribution in [0.15, 0.2) is 49.1 Å². The molecule has 2 aromatic heterocycles. The highest BCUT2D eigenvalue weighted by Crippen LogP contribution is 2.28. The highest BCUT2D eigenvalue weighted by atomic mass is 16.5. The van der Waals surface area contributed by atoms with E-state index in [4.69, 9.17) is 9.47 Å². The summed E-state index contributed by atoms with van der Waals surface area (Å²) in [5, 5.41) is 2.95. The zero-order valence-electron chi connectivity index (χ0n) is 15.1. The zero-order chi connectivity index (χ0) is 18.4. The van der Waals surface area contributed by atoms with Crippen molar-refractivity contribution in [3.8, 4) is 11.5 Å². The Labute approximate surface area is 152 Å². The van der Waals surface area contributed by atoms with Crippen molar-refractivity contribution in [2.24, 2.45) is 0 Å². The van der Waals surface area contributed by atoms with Crippen LogP contribution >= 0.6 is 0 Å². The van der Waals surface area contributed by atoms with Gasteiger partial charge in [0, 0.05) is 18.3 Å². The molecule has 0 aliphatic rings. The highest BCUT2D eigenvalue weighted by Gasteiger charge is 2.08. The molecule has 0 aliphatic carbocycles. The minimum atomic E-state index is -0.0929. The molecule has 136 valence electrons. The van der Waals surface area contributed by atoms with Gasteiger partial charge in [0.1, 0.15) is 0 Å². The molecule has 0 bridgehead atoms. The summed E-state index contributed by atoms with van der Waals surface area (Å²) in [7, 11) is 0. The summed E-state index contributed by atoms with van der Waals surface area (Å²) in [6.07, 6.45) is 5.98. The third-order valence-corrected chi connectivity index (χ3v) is 3.98. The lowest BCUT2D eigenvalue weighted by Gasteiger charge is -2.12. The molecule has 0 fully saturated rings. The fraction of sp³-hybridized carbons (Fsp3) is 0.300. The van der Waals surface area contributed by atoms with Crippen LogP contribution in [0.3, 0.4) is 0 Å². The summed E-state index contributed by atoms with van der Waals surface area (Å²) in [5.41, 5.74) is 2.61. The number of carbonyl (C=O) groups is 1. The van der Waals surface area contributed by atoms with Crippen LogP contribution in [-0.4, -0.2) is 35.1 Å². The normalized spacial score (nSPS) is 10.7. The minimum absolute atomic E-state index is 0.0929. The number of fused-ring (bicyclic) bond motifs is 1. The predicted octanol–water partition coefficient (Wildman–Crippen LogP) is 3.10. The molecular weight excluding hydrogens is 330 g/mol. The maximum atomic E-state index is 12.3. The third kappa shape index (κ3) is 4.14. The van der Waals surface area contributed by atoms with E-state index >= 15 is 0 Å². The Balaban J connectivity index is 1.59. The SMILES string of the molecule is CCOc1ccc(CCNC(=O)c2ccn3cncc3c2)cc1OCC. The number of nitrogens with zero attached hydrogens (tertiary/aromatic N) is 2. The predicted molar refractivity (Wildman–Crippen MR) is 100 cm³/mol. The molecule has 0 radical (unpaired) electrons. The molecule has 6 nitrogen and oxygen atoms in total. The van der Waals surface area contributed by atoms with Crippen molar-refractivity contribution in [2.75, 3.05) is 19.8 Å². The molecule has 1 amide bonds. The molecule has 2 heterocycles. The summed E-state index contributed by atoms with van der Waals surface area (Å²) >= 11 is 0. The van der Waals surface area contributed by atoms with Crippen molar-refractivity contribution in [1.29, 1.82) is 0 Å². The Morgan fingerprint density at radius 1 is 1.12 bits per heavy atom. The first-order valence-electron chi connectivity index (χ1n) is 8.79. The van der Waals surface area contributed by atoms with Crippen LogP contribution in [0.25, 0.3) is 5.52 Å². The number of hydrogen-bond acceptors (Lipinski definition) is 4. The van der Waals surface area contributed by atoms with Gasteiger partial charge in [-0.15, -0.1) is 0 Å². The van der Waals surface area contributed by atoms with Crippen LogP contribution in [0.5, 0.6) is 11.5 Å². The summed E-state index contributed by atoms with van der Waals surface area (Å²) in [4.78, 5) is 16.4. The Morgan fingerprint density at radius 2 is 1.92 bits per heavy atom. The van der Waals surface area contributed by atoms with Gasteiger partial charge in [0.2, 0.25) is 0 Å². The molecular formula is C20H23N3O3. The molecule has 6 heteroatoms. The minimum Gasteiger partial charge on any atom is -0.490 e. The second kappa shape index (κ2) is 8.38. The van der Waals surface area contributed by atoms with Gasteiger partial charge >= 0.3 is 0 Å². The van der Waals surface area contributed by atoms with Gasteiger partial charge in [-0.05, 0) is 50.1 Å². The molecule has 0 saturated heterocycles. The van der Waals surface area contributed by atoms with Gasteiger partial charge in [-0.1, -0.05) is 6.07 Å². The third-order valence-electron chi connectivity index (χ3n) is 3.98. The Kier molecular flexibility index (Phi) is 5.73. The summed E-state index contributed by atoms with van der Waals surface area (Å²) in [6.45, 7) is 5.61. The van der Waals surface area contributed by atoms with E-state index in [9.17, 15) is 4.79 Å². The van der Waals surface area contributed by atoms with Crippen LogP contribution in [0, 0.1) is 0 Å². The fourth-order valence-electron chi connectivity index (χ4n) is 2.73. The maximum absolute atomic E-state index is 12.3. The van der Waals surface area contributed by atoms with E-state index in [-0.39, 0.29) is 5.91 Å². The average molecular weight is 353 g/mol. The largest absolute Gasteiger partial charge is 0.490 e. The Morgan fingerprint density at radius 3 is 2.73 bits per heavy atom. The number of rotatable bonds is 8. The molecule has 3 rings (SSSR count). The van der Waals surface area contributed by atoms with E-state index in [0.29, 0.717) is 31.7 Å². The number of benzene rings is 1. The van der Waals surface area contributed by atoms with Crippen molar-refractivity contribution < 1.29 is 14.3 Å². The average Bonchev–Trinajstić information content (AvgIpc) is 3.12. The van der Waals surface area contributed by atoms with Crippen LogP contribution in [-0.2, 0) is 6.42 Å². The molecule has 0 spiro atoms. The van der Waals surface area contributed by atoms with E-state index in [1.807, 2.05) is 48.7 Å². The molecule has 1 aromatic carbocycles. The first kappa shape index (κ1) is 17.8. The number of pyridine rings is 1. The topological polar surface area (TPSA) is 64.9 Å². The maximum Gasteiger partial charge on any atom is 0.251 e. The standard InChI is InChI=1S/C20H23N3O3/c1-3-25-18-6-5-15(11-19(18)26-4-2)7-9-22-20(24)16-8-10-23-14-21-13-17(23)12-16/h5-6,8,10-14H,3-4,7,9H2,1-2H3,(H,22,24). The number of ether oxygens (including phenoxy) is 2. The van der Waals surface area contributed by atoms with Gasteiger partial charge in [0.25, 0.3) is 5.91 Å². The molecule has 0 atom stereocenters. The van der Waals surface area contributed by atoms with E-state index in [0.717, 1.165) is 22.6 Å². The molecule has 3 aromatic rings. The fourth-order valence-corrected chi connectivity index (χ4v) is 2.73.